The van der Waals surface area contributed by atoms with Gasteiger partial charge < -0.3 is 15.1 Å². The van der Waals surface area contributed by atoms with Crippen LogP contribution in [-0.2, 0) is 0 Å². The molecule has 3 atom stereocenters. The van der Waals surface area contributed by atoms with Crippen LogP contribution in [0.4, 0.5) is 0 Å². The van der Waals surface area contributed by atoms with Crippen molar-refractivity contribution in [2.75, 3.05) is 20.7 Å². The van der Waals surface area contributed by atoms with E-state index in [1.807, 2.05) is 25.9 Å². The van der Waals surface area contributed by atoms with E-state index in [-0.39, 0.29) is 18.6 Å². The third kappa shape index (κ3) is 3.18. The quantitative estimate of drug-likeness (QED) is 0.606. The SMILES string of the molecule is CC(O)C(C(C)CO)N(C)C. The second kappa shape index (κ2) is 4.70. The van der Waals surface area contributed by atoms with Crippen LogP contribution in [0.2, 0.25) is 0 Å². The summed E-state index contributed by atoms with van der Waals surface area (Å²) in [6, 6.07) is 0.0417. The van der Waals surface area contributed by atoms with Crippen molar-refractivity contribution >= 4 is 0 Å². The molecule has 68 valence electrons. The summed E-state index contributed by atoms with van der Waals surface area (Å²) in [5, 5.41) is 18.2. The van der Waals surface area contributed by atoms with Crippen LogP contribution in [0.15, 0.2) is 0 Å². The second-order valence-corrected chi connectivity index (χ2v) is 3.35. The van der Waals surface area contributed by atoms with Gasteiger partial charge in [-0.3, -0.25) is 0 Å². The summed E-state index contributed by atoms with van der Waals surface area (Å²) < 4.78 is 0. The van der Waals surface area contributed by atoms with Crippen molar-refractivity contribution < 1.29 is 10.2 Å². The number of aliphatic hydroxyl groups is 2. The Morgan fingerprint density at radius 1 is 1.27 bits per heavy atom. The van der Waals surface area contributed by atoms with Gasteiger partial charge in [-0.2, -0.15) is 0 Å². The van der Waals surface area contributed by atoms with Crippen molar-refractivity contribution in [3.8, 4) is 0 Å². The van der Waals surface area contributed by atoms with Crippen molar-refractivity contribution in [3.05, 3.63) is 0 Å². The molecule has 0 heterocycles. The summed E-state index contributed by atoms with van der Waals surface area (Å²) in [4.78, 5) is 1.94. The Balaban J connectivity index is 4.09. The summed E-state index contributed by atoms with van der Waals surface area (Å²) in [6.45, 7) is 3.79. The molecule has 0 spiro atoms. The van der Waals surface area contributed by atoms with Gasteiger partial charge in [0.2, 0.25) is 0 Å². The molecule has 0 aliphatic rings. The second-order valence-electron chi connectivity index (χ2n) is 3.35. The molecule has 0 saturated heterocycles. The molecule has 0 aromatic rings. The lowest BCUT2D eigenvalue weighted by atomic mass is 9.97. The number of rotatable bonds is 4. The molecule has 0 aliphatic heterocycles. The van der Waals surface area contributed by atoms with E-state index >= 15 is 0 Å². The highest BCUT2D eigenvalue weighted by atomic mass is 16.3. The van der Waals surface area contributed by atoms with Crippen LogP contribution in [0.25, 0.3) is 0 Å². The van der Waals surface area contributed by atoms with E-state index in [0.29, 0.717) is 0 Å². The molecule has 11 heavy (non-hydrogen) atoms. The Hall–Kier alpha value is -0.120. The Bertz CT molecular complexity index is 96.3. The number of hydrogen-bond acceptors (Lipinski definition) is 3. The van der Waals surface area contributed by atoms with E-state index in [0.717, 1.165) is 0 Å². The van der Waals surface area contributed by atoms with Crippen molar-refractivity contribution in [1.29, 1.82) is 0 Å². The van der Waals surface area contributed by atoms with E-state index in [2.05, 4.69) is 0 Å². The van der Waals surface area contributed by atoms with Crippen molar-refractivity contribution in [2.24, 2.45) is 5.92 Å². The molecular weight excluding hydrogens is 142 g/mol. The minimum absolute atomic E-state index is 0.0417. The molecule has 0 aliphatic carbocycles. The maximum Gasteiger partial charge on any atom is 0.0670 e. The fourth-order valence-electron chi connectivity index (χ4n) is 1.52. The monoisotopic (exact) mass is 161 g/mol. The largest absolute Gasteiger partial charge is 0.396 e. The summed E-state index contributed by atoms with van der Waals surface area (Å²) in [6.07, 6.45) is -0.396. The van der Waals surface area contributed by atoms with E-state index in [1.165, 1.54) is 0 Å². The minimum Gasteiger partial charge on any atom is -0.396 e. The van der Waals surface area contributed by atoms with Crippen molar-refractivity contribution in [3.63, 3.8) is 0 Å². The first-order valence-corrected chi connectivity index (χ1v) is 3.96. The third-order valence-corrected chi connectivity index (χ3v) is 1.96. The standard InChI is InChI=1S/C8H19NO2/c1-6(5-10)8(7(2)11)9(3)4/h6-8,10-11H,5H2,1-4H3. The van der Waals surface area contributed by atoms with E-state index in [9.17, 15) is 5.11 Å². The van der Waals surface area contributed by atoms with Gasteiger partial charge in [0.05, 0.1) is 6.10 Å². The van der Waals surface area contributed by atoms with Crippen LogP contribution in [0.5, 0.6) is 0 Å². The topological polar surface area (TPSA) is 43.7 Å². The predicted molar refractivity (Wildman–Crippen MR) is 45.4 cm³/mol. The highest BCUT2D eigenvalue weighted by molar-refractivity contribution is 4.77. The average Bonchev–Trinajstić information content (AvgIpc) is 1.85. The Morgan fingerprint density at radius 2 is 1.73 bits per heavy atom. The first-order chi connectivity index (χ1) is 5.00. The van der Waals surface area contributed by atoms with E-state index < -0.39 is 6.10 Å². The Labute approximate surface area is 68.6 Å². The molecule has 0 saturated carbocycles. The lowest BCUT2D eigenvalue weighted by Crippen LogP contribution is -2.43. The van der Waals surface area contributed by atoms with Gasteiger partial charge in [-0.05, 0) is 26.9 Å². The highest BCUT2D eigenvalue weighted by Crippen LogP contribution is 2.11. The highest BCUT2D eigenvalue weighted by Gasteiger charge is 2.23. The molecule has 0 fully saturated rings. The molecule has 0 amide bonds. The molecule has 0 radical (unpaired) electrons. The molecule has 0 aromatic heterocycles. The van der Waals surface area contributed by atoms with Gasteiger partial charge in [-0.1, -0.05) is 6.92 Å². The molecule has 2 N–H and O–H groups in total. The first kappa shape index (κ1) is 10.9. The summed E-state index contributed by atoms with van der Waals surface area (Å²) in [5.41, 5.74) is 0. The summed E-state index contributed by atoms with van der Waals surface area (Å²) in [5.74, 6) is 0.116. The van der Waals surface area contributed by atoms with E-state index in [1.54, 1.807) is 6.92 Å². The average molecular weight is 161 g/mol. The van der Waals surface area contributed by atoms with E-state index in [4.69, 9.17) is 5.11 Å². The van der Waals surface area contributed by atoms with Crippen LogP contribution < -0.4 is 0 Å². The molecule has 3 unspecified atom stereocenters. The van der Waals surface area contributed by atoms with Crippen molar-refractivity contribution in [2.45, 2.75) is 26.0 Å². The molecule has 0 aromatic carbocycles. The number of nitrogens with zero attached hydrogens (tertiary/aromatic N) is 1. The van der Waals surface area contributed by atoms with Crippen LogP contribution in [-0.4, -0.2) is 48.0 Å². The maximum atomic E-state index is 9.33. The first-order valence-electron chi connectivity index (χ1n) is 3.96. The number of likely N-dealkylation sites (N-methyl/N-ethyl adjacent to an activating group) is 1. The lowest BCUT2D eigenvalue weighted by Gasteiger charge is -2.31. The molecule has 3 heteroatoms. The summed E-state index contributed by atoms with van der Waals surface area (Å²) in [7, 11) is 3.81. The van der Waals surface area contributed by atoms with Gasteiger partial charge in [0.1, 0.15) is 0 Å². The zero-order valence-electron chi connectivity index (χ0n) is 7.78. The smallest absolute Gasteiger partial charge is 0.0670 e. The normalized spacial score (nSPS) is 19.9. The van der Waals surface area contributed by atoms with Gasteiger partial charge in [0.15, 0.2) is 0 Å². The van der Waals surface area contributed by atoms with Gasteiger partial charge in [-0.25, -0.2) is 0 Å². The molecule has 3 nitrogen and oxygen atoms in total. The van der Waals surface area contributed by atoms with Crippen LogP contribution >= 0.6 is 0 Å². The Morgan fingerprint density at radius 3 is 1.82 bits per heavy atom. The number of aliphatic hydroxyl groups excluding tert-OH is 2. The lowest BCUT2D eigenvalue weighted by molar-refractivity contribution is 0.0384. The fourth-order valence-corrected chi connectivity index (χ4v) is 1.52. The molecule has 0 bridgehead atoms. The van der Waals surface area contributed by atoms with Crippen molar-refractivity contribution in [1.82, 2.24) is 4.90 Å². The fraction of sp³-hybridized carbons (Fsp3) is 1.00. The Kier molecular flexibility index (Phi) is 4.65. The zero-order chi connectivity index (χ0) is 9.02. The number of hydrogen-bond donors (Lipinski definition) is 2. The predicted octanol–water partition coefficient (Wildman–Crippen LogP) is -0.0742. The van der Waals surface area contributed by atoms with Gasteiger partial charge in [-0.15, -0.1) is 0 Å². The molecular formula is C8H19NO2. The van der Waals surface area contributed by atoms with Gasteiger partial charge in [0.25, 0.3) is 0 Å². The van der Waals surface area contributed by atoms with Crippen LogP contribution in [0.3, 0.4) is 0 Å². The summed E-state index contributed by atoms with van der Waals surface area (Å²) >= 11 is 0. The van der Waals surface area contributed by atoms with Crippen LogP contribution in [0.1, 0.15) is 13.8 Å². The zero-order valence-corrected chi connectivity index (χ0v) is 7.78. The molecule has 0 rings (SSSR count). The van der Waals surface area contributed by atoms with Crippen LogP contribution in [0, 0.1) is 5.92 Å². The maximum absolute atomic E-state index is 9.33. The van der Waals surface area contributed by atoms with Gasteiger partial charge >= 0.3 is 0 Å². The minimum atomic E-state index is -0.396. The third-order valence-electron chi connectivity index (χ3n) is 1.96. The van der Waals surface area contributed by atoms with Gasteiger partial charge in [0, 0.05) is 12.6 Å².